The van der Waals surface area contributed by atoms with Crippen LogP contribution >= 0.6 is 0 Å². The number of pyridine rings is 1. The number of benzene rings is 2. The molecule has 0 saturated carbocycles. The summed E-state index contributed by atoms with van der Waals surface area (Å²) in [7, 11) is 0. The molecule has 0 saturated heterocycles. The average Bonchev–Trinajstić information content (AvgIpc) is 2.67. The first-order valence-corrected chi connectivity index (χ1v) is 8.23. The molecule has 0 spiro atoms. The highest BCUT2D eigenvalue weighted by Crippen LogP contribution is 2.15. The number of ether oxygens (including phenoxy) is 1. The zero-order valence-corrected chi connectivity index (χ0v) is 13.8. The Kier molecular flexibility index (Phi) is 5.73. The van der Waals surface area contributed by atoms with Gasteiger partial charge in [-0.2, -0.15) is 0 Å². The van der Waals surface area contributed by atoms with E-state index >= 15 is 0 Å². The van der Waals surface area contributed by atoms with Crippen LogP contribution in [-0.4, -0.2) is 11.0 Å². The van der Waals surface area contributed by atoms with E-state index in [-0.39, 0.29) is 5.97 Å². The maximum absolute atomic E-state index is 11.9. The van der Waals surface area contributed by atoms with E-state index in [1.807, 2.05) is 72.8 Å². The summed E-state index contributed by atoms with van der Waals surface area (Å²) in [5.41, 5.74) is 3.06. The van der Waals surface area contributed by atoms with Gasteiger partial charge in [-0.3, -0.25) is 9.78 Å². The molecular formula is C22H19NO2. The lowest BCUT2D eigenvalue weighted by molar-refractivity contribution is -0.134. The molecule has 0 unspecified atom stereocenters. The lowest BCUT2D eigenvalue weighted by atomic mass is 10.1. The van der Waals surface area contributed by atoms with Gasteiger partial charge in [-0.1, -0.05) is 54.6 Å². The lowest BCUT2D eigenvalue weighted by Crippen LogP contribution is -2.08. The molecule has 1 aromatic heterocycles. The Balaban J connectivity index is 1.52. The van der Waals surface area contributed by atoms with E-state index in [0.29, 0.717) is 18.6 Å². The summed E-state index contributed by atoms with van der Waals surface area (Å²) in [6, 6.07) is 23.1. The molecule has 2 aromatic carbocycles. The van der Waals surface area contributed by atoms with Crippen molar-refractivity contribution in [1.29, 1.82) is 0 Å². The normalized spacial score (nSPS) is 10.7. The van der Waals surface area contributed by atoms with Crippen molar-refractivity contribution in [3.63, 3.8) is 0 Å². The van der Waals surface area contributed by atoms with Gasteiger partial charge in [0, 0.05) is 12.6 Å². The minimum atomic E-state index is -0.222. The fraction of sp³-hybridized carbons (Fsp3) is 0.0909. The number of nitrogens with zero attached hydrogens (tertiary/aromatic N) is 1. The van der Waals surface area contributed by atoms with E-state index in [9.17, 15) is 4.79 Å². The zero-order chi connectivity index (χ0) is 17.3. The molecule has 0 N–H and O–H groups in total. The molecule has 0 bridgehead atoms. The summed E-state index contributed by atoms with van der Waals surface area (Å²) in [4.78, 5) is 16.2. The standard InChI is InChI=1S/C22H19NO2/c24-22(16-12-18-6-2-1-3-7-18)25-21-14-10-19(11-15-21)9-13-20-8-4-5-17-23-20/h1-11,13-15,17H,12,16H2/b13-9+. The van der Waals surface area contributed by atoms with Gasteiger partial charge in [0.25, 0.3) is 0 Å². The Bertz CT molecular complexity index is 825. The fourth-order valence-corrected chi connectivity index (χ4v) is 2.38. The van der Waals surface area contributed by atoms with Gasteiger partial charge in [0.05, 0.1) is 5.69 Å². The molecule has 25 heavy (non-hydrogen) atoms. The quantitative estimate of drug-likeness (QED) is 0.482. The average molecular weight is 329 g/mol. The predicted molar refractivity (Wildman–Crippen MR) is 100 cm³/mol. The molecule has 0 radical (unpaired) electrons. The maximum Gasteiger partial charge on any atom is 0.311 e. The third-order valence-electron chi connectivity index (χ3n) is 3.71. The molecule has 0 aliphatic rings. The van der Waals surface area contributed by atoms with Crippen molar-refractivity contribution in [2.24, 2.45) is 0 Å². The van der Waals surface area contributed by atoms with E-state index in [4.69, 9.17) is 4.74 Å². The van der Waals surface area contributed by atoms with Crippen molar-refractivity contribution in [3.05, 3.63) is 95.8 Å². The molecule has 3 heteroatoms. The van der Waals surface area contributed by atoms with Gasteiger partial charge in [-0.05, 0) is 47.9 Å². The first-order chi connectivity index (χ1) is 12.3. The van der Waals surface area contributed by atoms with E-state index in [1.165, 1.54) is 0 Å². The number of aromatic nitrogens is 1. The van der Waals surface area contributed by atoms with E-state index in [2.05, 4.69) is 4.98 Å². The predicted octanol–water partition coefficient (Wildman–Crippen LogP) is 4.79. The second kappa shape index (κ2) is 8.60. The van der Waals surface area contributed by atoms with Crippen LogP contribution in [0.25, 0.3) is 12.2 Å². The van der Waals surface area contributed by atoms with Crippen molar-refractivity contribution >= 4 is 18.1 Å². The Hall–Kier alpha value is -3.20. The van der Waals surface area contributed by atoms with Crippen LogP contribution in [0.5, 0.6) is 5.75 Å². The number of rotatable bonds is 6. The van der Waals surface area contributed by atoms with Crippen molar-refractivity contribution in [3.8, 4) is 5.75 Å². The molecule has 3 aromatic rings. The van der Waals surface area contributed by atoms with Crippen LogP contribution in [0.15, 0.2) is 79.0 Å². The molecule has 0 amide bonds. The minimum absolute atomic E-state index is 0.222. The molecule has 3 rings (SSSR count). The van der Waals surface area contributed by atoms with Crippen molar-refractivity contribution in [2.45, 2.75) is 12.8 Å². The van der Waals surface area contributed by atoms with Crippen molar-refractivity contribution in [2.75, 3.05) is 0 Å². The summed E-state index contributed by atoms with van der Waals surface area (Å²) in [5, 5.41) is 0. The summed E-state index contributed by atoms with van der Waals surface area (Å²) < 4.78 is 5.38. The molecule has 0 fully saturated rings. The minimum Gasteiger partial charge on any atom is -0.427 e. The van der Waals surface area contributed by atoms with Gasteiger partial charge >= 0.3 is 5.97 Å². The molecule has 0 aliphatic heterocycles. The highest BCUT2D eigenvalue weighted by molar-refractivity contribution is 5.73. The number of hydrogen-bond acceptors (Lipinski definition) is 3. The van der Waals surface area contributed by atoms with Gasteiger partial charge in [0.15, 0.2) is 0 Å². The summed E-state index contributed by atoms with van der Waals surface area (Å²) >= 11 is 0. The van der Waals surface area contributed by atoms with Crippen LogP contribution in [-0.2, 0) is 11.2 Å². The zero-order valence-electron chi connectivity index (χ0n) is 13.8. The number of carbonyl (C=O) groups is 1. The first kappa shape index (κ1) is 16.7. The van der Waals surface area contributed by atoms with E-state index in [0.717, 1.165) is 16.8 Å². The molecule has 124 valence electrons. The van der Waals surface area contributed by atoms with Crippen molar-refractivity contribution < 1.29 is 9.53 Å². The molecule has 0 aliphatic carbocycles. The van der Waals surface area contributed by atoms with Gasteiger partial charge in [-0.25, -0.2) is 0 Å². The van der Waals surface area contributed by atoms with E-state index < -0.39 is 0 Å². The van der Waals surface area contributed by atoms with Crippen molar-refractivity contribution in [1.82, 2.24) is 4.98 Å². The maximum atomic E-state index is 11.9. The van der Waals surface area contributed by atoms with Gasteiger partial charge < -0.3 is 4.74 Å². The Morgan fingerprint density at radius 2 is 1.64 bits per heavy atom. The smallest absolute Gasteiger partial charge is 0.311 e. The number of hydrogen-bond donors (Lipinski definition) is 0. The SMILES string of the molecule is O=C(CCc1ccccc1)Oc1ccc(/C=C/c2ccccn2)cc1. The largest absolute Gasteiger partial charge is 0.427 e. The molecule has 0 atom stereocenters. The third-order valence-corrected chi connectivity index (χ3v) is 3.71. The number of esters is 1. The van der Waals surface area contributed by atoms with Gasteiger partial charge in [-0.15, -0.1) is 0 Å². The van der Waals surface area contributed by atoms with Gasteiger partial charge in [0.1, 0.15) is 5.75 Å². The molecule has 3 nitrogen and oxygen atoms in total. The van der Waals surface area contributed by atoms with Crippen LogP contribution in [0.2, 0.25) is 0 Å². The molecular weight excluding hydrogens is 310 g/mol. The Labute approximate surface area is 147 Å². The van der Waals surface area contributed by atoms with Crippen LogP contribution in [0.3, 0.4) is 0 Å². The lowest BCUT2D eigenvalue weighted by Gasteiger charge is -2.05. The summed E-state index contributed by atoms with van der Waals surface area (Å²) in [5.74, 6) is 0.341. The highest BCUT2D eigenvalue weighted by atomic mass is 16.5. The van der Waals surface area contributed by atoms with Crippen LogP contribution < -0.4 is 4.74 Å². The topological polar surface area (TPSA) is 39.2 Å². The number of aryl methyl sites for hydroxylation is 1. The number of carbonyl (C=O) groups excluding carboxylic acids is 1. The Morgan fingerprint density at radius 1 is 0.880 bits per heavy atom. The van der Waals surface area contributed by atoms with Gasteiger partial charge in [0.2, 0.25) is 0 Å². The first-order valence-electron chi connectivity index (χ1n) is 8.23. The van der Waals surface area contributed by atoms with Crippen LogP contribution in [0, 0.1) is 0 Å². The molecule has 1 heterocycles. The van der Waals surface area contributed by atoms with E-state index in [1.54, 1.807) is 18.3 Å². The van der Waals surface area contributed by atoms with Crippen LogP contribution in [0.4, 0.5) is 0 Å². The third kappa shape index (κ3) is 5.43. The van der Waals surface area contributed by atoms with Crippen LogP contribution in [0.1, 0.15) is 23.2 Å². The highest BCUT2D eigenvalue weighted by Gasteiger charge is 2.05. The second-order valence-electron chi connectivity index (χ2n) is 5.62. The summed E-state index contributed by atoms with van der Waals surface area (Å²) in [6.45, 7) is 0. The second-order valence-corrected chi connectivity index (χ2v) is 5.62. The summed E-state index contributed by atoms with van der Waals surface area (Å²) in [6.07, 6.45) is 6.73. The monoisotopic (exact) mass is 329 g/mol. The Morgan fingerprint density at radius 3 is 2.36 bits per heavy atom. The fourth-order valence-electron chi connectivity index (χ4n) is 2.38.